The second-order valence-electron chi connectivity index (χ2n) is 11.0. The third kappa shape index (κ3) is 4.83. The summed E-state index contributed by atoms with van der Waals surface area (Å²) in [7, 11) is 0. The topological polar surface area (TPSA) is 54.5 Å². The van der Waals surface area contributed by atoms with Crippen LogP contribution in [-0.4, -0.2) is 14.5 Å². The molecule has 0 aliphatic rings. The zero-order valence-electron chi connectivity index (χ0n) is 24.3. The van der Waals surface area contributed by atoms with E-state index < -0.39 is 0 Å². The Morgan fingerprint density at radius 1 is 0.422 bits per heavy atom. The summed E-state index contributed by atoms with van der Waals surface area (Å²) < 4.78 is 2.19. The summed E-state index contributed by atoms with van der Waals surface area (Å²) in [5.41, 5.74) is 11.0. The van der Waals surface area contributed by atoms with Gasteiger partial charge in [0.2, 0.25) is 5.95 Å². The van der Waals surface area contributed by atoms with Crippen molar-refractivity contribution >= 4 is 21.8 Å². The first-order valence-corrected chi connectivity index (χ1v) is 14.9. The van der Waals surface area contributed by atoms with Crippen LogP contribution in [0.15, 0.2) is 158 Å². The Kier molecular flexibility index (Phi) is 6.48. The molecule has 0 saturated heterocycles. The van der Waals surface area contributed by atoms with Crippen LogP contribution in [0.3, 0.4) is 0 Å². The molecule has 0 N–H and O–H groups in total. The van der Waals surface area contributed by atoms with Crippen LogP contribution < -0.4 is 0 Å². The number of benzene rings is 6. The first-order valence-electron chi connectivity index (χ1n) is 14.9. The van der Waals surface area contributed by atoms with Gasteiger partial charge in [0.25, 0.3) is 0 Å². The Labute approximate surface area is 261 Å². The number of nitriles is 1. The third-order valence-electron chi connectivity index (χ3n) is 8.29. The third-order valence-corrected chi connectivity index (χ3v) is 8.29. The highest BCUT2D eigenvalue weighted by Crippen LogP contribution is 2.35. The zero-order valence-corrected chi connectivity index (χ0v) is 24.3. The van der Waals surface area contributed by atoms with E-state index in [1.54, 1.807) is 0 Å². The lowest BCUT2D eigenvalue weighted by atomic mass is 10.0. The van der Waals surface area contributed by atoms with E-state index in [1.807, 2.05) is 48.5 Å². The maximum Gasteiger partial charge on any atom is 0.235 e. The summed E-state index contributed by atoms with van der Waals surface area (Å²) in [4.78, 5) is 10.4. The Morgan fingerprint density at radius 2 is 0.911 bits per heavy atom. The van der Waals surface area contributed by atoms with Crippen molar-refractivity contribution in [2.24, 2.45) is 0 Å². The van der Waals surface area contributed by atoms with E-state index in [4.69, 9.17) is 9.97 Å². The highest BCUT2D eigenvalue weighted by atomic mass is 15.2. The molecular formula is C41H26N4. The molecule has 0 amide bonds. The maximum atomic E-state index is 9.18. The molecule has 0 radical (unpaired) electrons. The molecule has 0 aliphatic carbocycles. The van der Waals surface area contributed by atoms with E-state index in [1.165, 1.54) is 5.56 Å². The molecule has 8 rings (SSSR count). The van der Waals surface area contributed by atoms with E-state index in [0.29, 0.717) is 11.5 Å². The minimum atomic E-state index is 0.624. The molecule has 0 unspecified atom stereocenters. The summed E-state index contributed by atoms with van der Waals surface area (Å²) in [6, 6.07) is 56.2. The molecule has 2 aromatic heterocycles. The summed E-state index contributed by atoms with van der Waals surface area (Å²) in [5.74, 6) is 0.624. The maximum absolute atomic E-state index is 9.18. The number of aromatic nitrogens is 3. The van der Waals surface area contributed by atoms with Crippen molar-refractivity contribution < 1.29 is 0 Å². The van der Waals surface area contributed by atoms with E-state index in [0.717, 1.165) is 61.0 Å². The summed E-state index contributed by atoms with van der Waals surface area (Å²) >= 11 is 0. The van der Waals surface area contributed by atoms with Crippen LogP contribution in [-0.2, 0) is 0 Å². The van der Waals surface area contributed by atoms with Gasteiger partial charge in [0.05, 0.1) is 34.1 Å². The molecule has 0 atom stereocenters. The van der Waals surface area contributed by atoms with Crippen LogP contribution in [0.2, 0.25) is 0 Å². The van der Waals surface area contributed by atoms with Gasteiger partial charge < -0.3 is 0 Å². The van der Waals surface area contributed by atoms with Crippen LogP contribution in [0.1, 0.15) is 5.56 Å². The summed E-state index contributed by atoms with van der Waals surface area (Å²) in [5, 5.41) is 11.5. The van der Waals surface area contributed by atoms with Gasteiger partial charge in [-0.3, -0.25) is 4.57 Å². The van der Waals surface area contributed by atoms with Gasteiger partial charge in [-0.2, -0.15) is 5.26 Å². The van der Waals surface area contributed by atoms with Crippen molar-refractivity contribution in [1.29, 1.82) is 5.26 Å². The van der Waals surface area contributed by atoms with Crippen molar-refractivity contribution in [3.05, 3.63) is 163 Å². The minimum absolute atomic E-state index is 0.624. The highest BCUT2D eigenvalue weighted by Gasteiger charge is 2.17. The monoisotopic (exact) mass is 574 g/mol. The van der Waals surface area contributed by atoms with E-state index >= 15 is 0 Å². The summed E-state index contributed by atoms with van der Waals surface area (Å²) in [6.07, 6.45) is 0. The first-order chi connectivity index (χ1) is 22.2. The van der Waals surface area contributed by atoms with E-state index in [-0.39, 0.29) is 0 Å². The normalized spacial score (nSPS) is 11.1. The van der Waals surface area contributed by atoms with Crippen LogP contribution in [0, 0.1) is 11.3 Å². The van der Waals surface area contributed by atoms with Crippen LogP contribution in [0.4, 0.5) is 0 Å². The molecule has 8 aromatic rings. The molecule has 0 fully saturated rings. The van der Waals surface area contributed by atoms with Crippen LogP contribution in [0.25, 0.3) is 72.5 Å². The molecule has 4 nitrogen and oxygen atoms in total. The van der Waals surface area contributed by atoms with Gasteiger partial charge in [-0.1, -0.05) is 127 Å². The quantitative estimate of drug-likeness (QED) is 0.205. The lowest BCUT2D eigenvalue weighted by Crippen LogP contribution is -2.04. The van der Waals surface area contributed by atoms with E-state index in [2.05, 4.69) is 120 Å². The average molecular weight is 575 g/mol. The lowest BCUT2D eigenvalue weighted by molar-refractivity contribution is 0.996. The number of hydrogen-bond donors (Lipinski definition) is 0. The molecule has 4 heteroatoms. The fourth-order valence-electron chi connectivity index (χ4n) is 6.01. The predicted octanol–water partition coefficient (Wildman–Crippen LogP) is 10.1. The summed E-state index contributed by atoms with van der Waals surface area (Å²) in [6.45, 7) is 0. The standard InChI is InChI=1S/C41H26N4/c42-27-28-15-17-30(18-16-28)31-19-21-33(22-20-31)38-26-37(32-11-5-2-6-12-32)43-41(44-38)45-39-14-8-7-13-35(39)36-24-23-34(25-40(36)45)29-9-3-1-4-10-29/h1-26H. The molecular weight excluding hydrogens is 548 g/mol. The molecule has 0 aliphatic heterocycles. The number of hydrogen-bond acceptors (Lipinski definition) is 3. The molecule has 0 saturated carbocycles. The van der Waals surface area contributed by atoms with Crippen molar-refractivity contribution in [3.8, 4) is 56.8 Å². The van der Waals surface area contributed by atoms with Crippen LogP contribution >= 0.6 is 0 Å². The number of para-hydroxylation sites is 1. The first kappa shape index (κ1) is 26.3. The van der Waals surface area contributed by atoms with Gasteiger partial charge in [0, 0.05) is 21.9 Å². The highest BCUT2D eigenvalue weighted by molar-refractivity contribution is 6.10. The molecule has 210 valence electrons. The number of nitrogens with zero attached hydrogens (tertiary/aromatic N) is 4. The van der Waals surface area contributed by atoms with E-state index in [9.17, 15) is 5.26 Å². The van der Waals surface area contributed by atoms with Crippen molar-refractivity contribution in [2.45, 2.75) is 0 Å². The molecule has 6 aromatic carbocycles. The fourth-order valence-corrected chi connectivity index (χ4v) is 6.01. The van der Waals surface area contributed by atoms with Crippen molar-refractivity contribution in [3.63, 3.8) is 0 Å². The largest absolute Gasteiger partial charge is 0.278 e. The molecule has 0 spiro atoms. The van der Waals surface area contributed by atoms with Gasteiger partial charge >= 0.3 is 0 Å². The molecule has 45 heavy (non-hydrogen) atoms. The van der Waals surface area contributed by atoms with Gasteiger partial charge in [0.1, 0.15) is 0 Å². The second kappa shape index (κ2) is 11.1. The Bertz CT molecular complexity index is 2350. The van der Waals surface area contributed by atoms with Crippen molar-refractivity contribution in [1.82, 2.24) is 14.5 Å². The smallest absolute Gasteiger partial charge is 0.235 e. The molecule has 0 bridgehead atoms. The Hall–Kier alpha value is -6.31. The predicted molar refractivity (Wildman–Crippen MR) is 183 cm³/mol. The fraction of sp³-hybridized carbons (Fsp3) is 0. The average Bonchev–Trinajstić information content (AvgIpc) is 3.46. The van der Waals surface area contributed by atoms with Crippen LogP contribution in [0.5, 0.6) is 0 Å². The van der Waals surface area contributed by atoms with Gasteiger partial charge in [-0.05, 0) is 52.6 Å². The van der Waals surface area contributed by atoms with Gasteiger partial charge in [-0.15, -0.1) is 0 Å². The lowest BCUT2D eigenvalue weighted by Gasteiger charge is -2.12. The molecule has 2 heterocycles. The Balaban J connectivity index is 1.33. The van der Waals surface area contributed by atoms with Crippen molar-refractivity contribution in [2.75, 3.05) is 0 Å². The Morgan fingerprint density at radius 3 is 1.58 bits per heavy atom. The number of rotatable bonds is 5. The minimum Gasteiger partial charge on any atom is -0.278 e. The second-order valence-corrected chi connectivity index (χ2v) is 11.0. The van der Waals surface area contributed by atoms with Gasteiger partial charge in [-0.25, -0.2) is 9.97 Å². The van der Waals surface area contributed by atoms with Gasteiger partial charge in [0.15, 0.2) is 0 Å². The zero-order chi connectivity index (χ0) is 30.2. The number of fused-ring (bicyclic) bond motifs is 3. The SMILES string of the molecule is N#Cc1ccc(-c2ccc(-c3cc(-c4ccccc4)nc(-n4c5ccccc5c5ccc(-c6ccccc6)cc54)n3)cc2)cc1.